The number of anilines is 1. The molecule has 0 aromatic carbocycles. The Morgan fingerprint density at radius 3 is 2.57 bits per heavy atom. The average Bonchev–Trinajstić information content (AvgIpc) is 2.81. The van der Waals surface area contributed by atoms with E-state index in [1.165, 1.54) is 11.3 Å². The molecule has 2 aromatic rings. The number of piperazine rings is 1. The van der Waals surface area contributed by atoms with E-state index in [9.17, 15) is 0 Å². The molecule has 21 heavy (non-hydrogen) atoms. The van der Waals surface area contributed by atoms with E-state index in [1.54, 1.807) is 6.20 Å². The Bertz CT molecular complexity index is 614. The molecule has 4 nitrogen and oxygen atoms in total. The van der Waals surface area contributed by atoms with Crippen LogP contribution in [0.2, 0.25) is 5.02 Å². The fourth-order valence-electron chi connectivity index (χ4n) is 2.80. The highest BCUT2D eigenvalue weighted by atomic mass is 35.5. The molecule has 3 rings (SSSR count). The Morgan fingerprint density at radius 1 is 1.19 bits per heavy atom. The van der Waals surface area contributed by atoms with Gasteiger partial charge >= 0.3 is 0 Å². The maximum absolute atomic E-state index is 6.23. The second-order valence-corrected chi connectivity index (χ2v) is 6.02. The fourth-order valence-corrected chi connectivity index (χ4v) is 3.04. The lowest BCUT2D eigenvalue weighted by atomic mass is 10.2. The van der Waals surface area contributed by atoms with Crippen molar-refractivity contribution in [2.45, 2.75) is 13.5 Å². The SMILES string of the molecule is Cc1c(CN2CCN(c3ncccc3Cl)CC2)ccn1C. The van der Waals surface area contributed by atoms with E-state index in [2.05, 4.69) is 45.6 Å². The van der Waals surface area contributed by atoms with Crippen LogP contribution in [0, 0.1) is 6.92 Å². The van der Waals surface area contributed by atoms with Crippen LogP contribution < -0.4 is 4.90 Å². The molecule has 0 atom stereocenters. The molecule has 0 aliphatic carbocycles. The molecule has 112 valence electrons. The topological polar surface area (TPSA) is 24.3 Å². The van der Waals surface area contributed by atoms with Crippen LogP contribution in [0.25, 0.3) is 0 Å². The van der Waals surface area contributed by atoms with Crippen molar-refractivity contribution in [2.75, 3.05) is 31.1 Å². The Labute approximate surface area is 130 Å². The molecule has 2 aromatic heterocycles. The first-order chi connectivity index (χ1) is 10.1. The molecular weight excluding hydrogens is 284 g/mol. The summed E-state index contributed by atoms with van der Waals surface area (Å²) < 4.78 is 2.18. The summed E-state index contributed by atoms with van der Waals surface area (Å²) in [4.78, 5) is 9.17. The van der Waals surface area contributed by atoms with Crippen molar-refractivity contribution in [3.05, 3.63) is 46.9 Å². The Morgan fingerprint density at radius 2 is 1.95 bits per heavy atom. The highest BCUT2D eigenvalue weighted by Crippen LogP contribution is 2.23. The van der Waals surface area contributed by atoms with E-state index in [0.717, 1.165) is 43.6 Å². The highest BCUT2D eigenvalue weighted by Gasteiger charge is 2.20. The summed E-state index contributed by atoms with van der Waals surface area (Å²) in [6.07, 6.45) is 3.94. The molecule has 0 radical (unpaired) electrons. The van der Waals surface area contributed by atoms with Crippen molar-refractivity contribution in [2.24, 2.45) is 7.05 Å². The summed E-state index contributed by atoms with van der Waals surface area (Å²) in [5, 5.41) is 0.741. The standard InChI is InChI=1S/C16H21ClN4/c1-13-14(5-7-19(13)2)12-20-8-10-21(11-9-20)16-15(17)4-3-6-18-16/h3-7H,8-12H2,1-2H3. The van der Waals surface area contributed by atoms with Gasteiger partial charge in [0.1, 0.15) is 5.82 Å². The Balaban J connectivity index is 1.61. The van der Waals surface area contributed by atoms with Crippen molar-refractivity contribution in [3.8, 4) is 0 Å². The van der Waals surface area contributed by atoms with Gasteiger partial charge in [0.2, 0.25) is 0 Å². The molecule has 0 unspecified atom stereocenters. The van der Waals surface area contributed by atoms with Crippen LogP contribution in [0.3, 0.4) is 0 Å². The minimum Gasteiger partial charge on any atom is -0.354 e. The number of pyridine rings is 1. The second-order valence-electron chi connectivity index (χ2n) is 5.61. The smallest absolute Gasteiger partial charge is 0.147 e. The number of nitrogens with zero attached hydrogens (tertiary/aromatic N) is 4. The zero-order valence-corrected chi connectivity index (χ0v) is 13.3. The summed E-state index contributed by atoms with van der Waals surface area (Å²) in [5.74, 6) is 0.912. The number of halogens is 1. The number of hydrogen-bond donors (Lipinski definition) is 0. The van der Waals surface area contributed by atoms with E-state index in [-0.39, 0.29) is 0 Å². The highest BCUT2D eigenvalue weighted by molar-refractivity contribution is 6.32. The first-order valence-corrected chi connectivity index (χ1v) is 7.71. The lowest BCUT2D eigenvalue weighted by molar-refractivity contribution is 0.249. The summed E-state index contributed by atoms with van der Waals surface area (Å²) >= 11 is 6.23. The van der Waals surface area contributed by atoms with Crippen LogP contribution in [-0.4, -0.2) is 40.6 Å². The molecule has 0 amide bonds. The van der Waals surface area contributed by atoms with Crippen molar-refractivity contribution in [1.29, 1.82) is 0 Å². The lowest BCUT2D eigenvalue weighted by Gasteiger charge is -2.35. The van der Waals surface area contributed by atoms with Crippen LogP contribution in [0.5, 0.6) is 0 Å². The third kappa shape index (κ3) is 3.06. The van der Waals surface area contributed by atoms with Gasteiger partial charge in [-0.15, -0.1) is 0 Å². The average molecular weight is 305 g/mol. The van der Waals surface area contributed by atoms with Gasteiger partial charge in [0.25, 0.3) is 0 Å². The van der Waals surface area contributed by atoms with Gasteiger partial charge in [0.15, 0.2) is 0 Å². The van der Waals surface area contributed by atoms with Crippen LogP contribution in [-0.2, 0) is 13.6 Å². The summed E-state index contributed by atoms with van der Waals surface area (Å²) in [5.41, 5.74) is 2.77. The first kappa shape index (κ1) is 14.4. The molecule has 0 spiro atoms. The number of aromatic nitrogens is 2. The molecule has 5 heteroatoms. The zero-order valence-electron chi connectivity index (χ0n) is 12.6. The molecule has 1 fully saturated rings. The van der Waals surface area contributed by atoms with Crippen molar-refractivity contribution < 1.29 is 0 Å². The fraction of sp³-hybridized carbons (Fsp3) is 0.438. The maximum atomic E-state index is 6.23. The zero-order chi connectivity index (χ0) is 14.8. The summed E-state index contributed by atoms with van der Waals surface area (Å²) in [6.45, 7) is 7.24. The largest absolute Gasteiger partial charge is 0.354 e. The van der Waals surface area contributed by atoms with Crippen molar-refractivity contribution >= 4 is 17.4 Å². The lowest BCUT2D eigenvalue weighted by Crippen LogP contribution is -2.46. The Hall–Kier alpha value is -1.52. The normalized spacial score (nSPS) is 16.4. The Kier molecular flexibility index (Phi) is 4.17. The molecule has 0 bridgehead atoms. The minimum atomic E-state index is 0.741. The molecule has 1 aliphatic heterocycles. The van der Waals surface area contributed by atoms with E-state index < -0.39 is 0 Å². The number of aryl methyl sites for hydroxylation is 1. The summed E-state index contributed by atoms with van der Waals surface area (Å²) in [6, 6.07) is 6.00. The molecule has 3 heterocycles. The molecule has 0 saturated carbocycles. The molecule has 0 N–H and O–H groups in total. The van der Waals surface area contributed by atoms with Gasteiger partial charge in [0, 0.05) is 57.9 Å². The van der Waals surface area contributed by atoms with Gasteiger partial charge in [-0.3, -0.25) is 4.90 Å². The predicted molar refractivity (Wildman–Crippen MR) is 86.9 cm³/mol. The molecule has 1 saturated heterocycles. The van der Waals surface area contributed by atoms with Gasteiger partial charge in [-0.25, -0.2) is 4.98 Å². The number of rotatable bonds is 3. The first-order valence-electron chi connectivity index (χ1n) is 7.34. The van der Waals surface area contributed by atoms with Crippen LogP contribution >= 0.6 is 11.6 Å². The third-order valence-electron chi connectivity index (χ3n) is 4.30. The summed E-state index contributed by atoms with van der Waals surface area (Å²) in [7, 11) is 2.10. The van der Waals surface area contributed by atoms with Crippen molar-refractivity contribution in [1.82, 2.24) is 14.5 Å². The molecule has 1 aliphatic rings. The van der Waals surface area contributed by atoms with E-state index in [4.69, 9.17) is 11.6 Å². The van der Waals surface area contributed by atoms with Crippen molar-refractivity contribution in [3.63, 3.8) is 0 Å². The monoisotopic (exact) mass is 304 g/mol. The molecular formula is C16H21ClN4. The van der Waals surface area contributed by atoms with Crippen LogP contribution in [0.15, 0.2) is 30.6 Å². The van der Waals surface area contributed by atoms with E-state index in [1.807, 2.05) is 12.1 Å². The van der Waals surface area contributed by atoms with E-state index in [0.29, 0.717) is 0 Å². The number of hydrogen-bond acceptors (Lipinski definition) is 3. The van der Waals surface area contributed by atoms with Crippen LogP contribution in [0.4, 0.5) is 5.82 Å². The van der Waals surface area contributed by atoms with Gasteiger partial charge in [-0.2, -0.15) is 0 Å². The quantitative estimate of drug-likeness (QED) is 0.871. The van der Waals surface area contributed by atoms with Gasteiger partial charge in [0.05, 0.1) is 5.02 Å². The van der Waals surface area contributed by atoms with Gasteiger partial charge in [-0.05, 0) is 30.7 Å². The van der Waals surface area contributed by atoms with E-state index >= 15 is 0 Å². The van der Waals surface area contributed by atoms with Gasteiger partial charge < -0.3 is 9.47 Å². The predicted octanol–water partition coefficient (Wildman–Crippen LogP) is 2.70. The van der Waals surface area contributed by atoms with Gasteiger partial charge in [-0.1, -0.05) is 11.6 Å². The minimum absolute atomic E-state index is 0.741. The third-order valence-corrected chi connectivity index (χ3v) is 4.59. The maximum Gasteiger partial charge on any atom is 0.147 e. The second kappa shape index (κ2) is 6.08. The van der Waals surface area contributed by atoms with Crippen LogP contribution in [0.1, 0.15) is 11.3 Å².